The number of nitrogens with one attached hydrogen (secondary N) is 2. The molecule has 2 N–H and O–H groups in total. The first kappa shape index (κ1) is 12.7. The average Bonchev–Trinajstić information content (AvgIpc) is 2.76. The molecule has 0 saturated heterocycles. The first-order chi connectivity index (χ1) is 8.65. The lowest BCUT2D eigenvalue weighted by Crippen LogP contribution is -2.41. The largest absolute Gasteiger partial charge is 0.486 e. The molecule has 0 aliphatic carbocycles. The molecule has 5 heteroatoms. The summed E-state index contributed by atoms with van der Waals surface area (Å²) >= 11 is 0. The van der Waals surface area contributed by atoms with Gasteiger partial charge in [0.25, 0.3) is 0 Å². The van der Waals surface area contributed by atoms with E-state index >= 15 is 0 Å². The number of aliphatic imine (C=N–C) groups is 1. The van der Waals surface area contributed by atoms with Gasteiger partial charge in [-0.25, -0.2) is 4.39 Å². The van der Waals surface area contributed by atoms with Gasteiger partial charge in [0.15, 0.2) is 17.5 Å². The van der Waals surface area contributed by atoms with Crippen molar-refractivity contribution < 1.29 is 9.13 Å². The topological polar surface area (TPSA) is 45.7 Å². The van der Waals surface area contributed by atoms with Crippen molar-refractivity contribution in [1.29, 1.82) is 0 Å². The molecule has 1 aliphatic heterocycles. The fourth-order valence-corrected chi connectivity index (χ4v) is 1.70. The number of benzene rings is 1. The van der Waals surface area contributed by atoms with Gasteiger partial charge in [0.2, 0.25) is 0 Å². The van der Waals surface area contributed by atoms with Gasteiger partial charge in [-0.2, -0.15) is 0 Å². The summed E-state index contributed by atoms with van der Waals surface area (Å²) in [5, 5.41) is 6.34. The van der Waals surface area contributed by atoms with E-state index in [1.54, 1.807) is 18.2 Å². The number of rotatable bonds is 4. The van der Waals surface area contributed by atoms with E-state index in [0.717, 1.165) is 12.5 Å². The molecule has 0 saturated carbocycles. The molecule has 2 rings (SSSR count). The molecule has 0 amide bonds. The quantitative estimate of drug-likeness (QED) is 0.853. The Kier molecular flexibility index (Phi) is 4.02. The van der Waals surface area contributed by atoms with Crippen molar-refractivity contribution in [2.45, 2.75) is 26.0 Å². The first-order valence-electron chi connectivity index (χ1n) is 6.11. The van der Waals surface area contributed by atoms with E-state index in [1.165, 1.54) is 6.07 Å². The number of hydrogen-bond donors (Lipinski definition) is 2. The summed E-state index contributed by atoms with van der Waals surface area (Å²) in [5.74, 6) is 0.724. The van der Waals surface area contributed by atoms with Gasteiger partial charge in [-0.05, 0) is 26.0 Å². The first-order valence-corrected chi connectivity index (χ1v) is 6.11. The molecule has 1 aromatic carbocycles. The summed E-state index contributed by atoms with van der Waals surface area (Å²) in [6.45, 7) is 5.31. The minimum atomic E-state index is -0.339. The van der Waals surface area contributed by atoms with Crippen molar-refractivity contribution in [3.8, 4) is 5.75 Å². The van der Waals surface area contributed by atoms with Gasteiger partial charge in [-0.15, -0.1) is 0 Å². The van der Waals surface area contributed by atoms with Crippen LogP contribution in [0.5, 0.6) is 5.75 Å². The van der Waals surface area contributed by atoms with E-state index in [-0.39, 0.29) is 17.7 Å². The lowest BCUT2D eigenvalue weighted by Gasteiger charge is -2.16. The van der Waals surface area contributed by atoms with Crippen molar-refractivity contribution in [2.75, 3.05) is 13.1 Å². The summed E-state index contributed by atoms with van der Waals surface area (Å²) in [7, 11) is 0. The molecule has 98 valence electrons. The Labute approximate surface area is 106 Å². The third-order valence-electron chi connectivity index (χ3n) is 2.63. The summed E-state index contributed by atoms with van der Waals surface area (Å²) in [5.41, 5.74) is 0. The molecule has 18 heavy (non-hydrogen) atoms. The maximum Gasteiger partial charge on any atom is 0.191 e. The summed E-state index contributed by atoms with van der Waals surface area (Å²) in [4.78, 5) is 4.28. The number of halogens is 1. The molecule has 1 heterocycles. The van der Waals surface area contributed by atoms with Crippen molar-refractivity contribution in [3.63, 3.8) is 0 Å². The fourth-order valence-electron chi connectivity index (χ4n) is 1.70. The number of nitrogens with zero attached hydrogens (tertiary/aromatic N) is 1. The smallest absolute Gasteiger partial charge is 0.191 e. The van der Waals surface area contributed by atoms with Crippen LogP contribution in [0, 0.1) is 5.82 Å². The molecule has 1 aromatic rings. The van der Waals surface area contributed by atoms with Crippen molar-refractivity contribution in [1.82, 2.24) is 10.6 Å². The lowest BCUT2D eigenvalue weighted by atomic mass is 10.3. The highest BCUT2D eigenvalue weighted by Gasteiger charge is 2.13. The predicted octanol–water partition coefficient (Wildman–Crippen LogP) is 1.53. The molecule has 2 unspecified atom stereocenters. The Hall–Kier alpha value is -1.78. The van der Waals surface area contributed by atoms with Crippen LogP contribution in [0.3, 0.4) is 0 Å². The molecule has 1 aliphatic rings. The Morgan fingerprint density at radius 2 is 2.33 bits per heavy atom. The summed E-state index contributed by atoms with van der Waals surface area (Å²) in [6, 6.07) is 6.78. The average molecular weight is 251 g/mol. The molecular formula is C13H18FN3O. The Bertz CT molecular complexity index is 436. The number of para-hydroxylation sites is 1. The summed E-state index contributed by atoms with van der Waals surface area (Å²) in [6.07, 6.45) is -0.137. The van der Waals surface area contributed by atoms with Crippen molar-refractivity contribution >= 4 is 5.96 Å². The van der Waals surface area contributed by atoms with Gasteiger partial charge in [0.05, 0.1) is 13.1 Å². The van der Waals surface area contributed by atoms with Crippen LogP contribution in [0.1, 0.15) is 13.8 Å². The third-order valence-corrected chi connectivity index (χ3v) is 2.63. The predicted molar refractivity (Wildman–Crippen MR) is 69.4 cm³/mol. The molecular weight excluding hydrogens is 233 g/mol. The second kappa shape index (κ2) is 5.71. The van der Waals surface area contributed by atoms with Crippen LogP contribution in [0.15, 0.2) is 29.3 Å². The molecule has 4 nitrogen and oxygen atoms in total. The van der Waals surface area contributed by atoms with Crippen molar-refractivity contribution in [2.24, 2.45) is 4.99 Å². The van der Waals surface area contributed by atoms with Crippen LogP contribution >= 0.6 is 0 Å². The zero-order valence-electron chi connectivity index (χ0n) is 10.6. The Morgan fingerprint density at radius 3 is 3.00 bits per heavy atom. The van der Waals surface area contributed by atoms with Gasteiger partial charge >= 0.3 is 0 Å². The number of hydrogen-bond acceptors (Lipinski definition) is 4. The molecule has 0 bridgehead atoms. The monoisotopic (exact) mass is 251 g/mol. The second-order valence-corrected chi connectivity index (χ2v) is 4.47. The molecule has 2 atom stereocenters. The van der Waals surface area contributed by atoms with Crippen LogP contribution in [0.2, 0.25) is 0 Å². The van der Waals surface area contributed by atoms with E-state index in [2.05, 4.69) is 22.5 Å². The van der Waals surface area contributed by atoms with E-state index < -0.39 is 0 Å². The zero-order chi connectivity index (χ0) is 13.0. The van der Waals surface area contributed by atoms with Gasteiger partial charge in [0.1, 0.15) is 6.10 Å². The minimum absolute atomic E-state index is 0.137. The number of guanidine groups is 1. The Morgan fingerprint density at radius 1 is 1.56 bits per heavy atom. The highest BCUT2D eigenvalue weighted by Crippen LogP contribution is 2.16. The highest BCUT2D eigenvalue weighted by atomic mass is 19.1. The normalized spacial score (nSPS) is 19.9. The third kappa shape index (κ3) is 3.35. The maximum atomic E-state index is 13.4. The van der Waals surface area contributed by atoms with E-state index in [4.69, 9.17) is 4.74 Å². The van der Waals surface area contributed by atoms with Crippen LogP contribution in [-0.4, -0.2) is 31.2 Å². The van der Waals surface area contributed by atoms with E-state index in [9.17, 15) is 4.39 Å². The molecule has 0 radical (unpaired) electrons. The standard InChI is InChI=1S/C13H18FN3O/c1-9-7-15-13(17-9)16-8-10(2)18-12-6-4-3-5-11(12)14/h3-6,9-10H,7-8H2,1-2H3,(H2,15,16,17). The fraction of sp³-hybridized carbons (Fsp3) is 0.462. The van der Waals surface area contributed by atoms with Crippen LogP contribution in [0.25, 0.3) is 0 Å². The van der Waals surface area contributed by atoms with Crippen LogP contribution in [-0.2, 0) is 0 Å². The van der Waals surface area contributed by atoms with Crippen LogP contribution in [0.4, 0.5) is 4.39 Å². The molecule has 0 spiro atoms. The SMILES string of the molecule is CC1CN=C(NCC(C)Oc2ccccc2F)N1. The highest BCUT2D eigenvalue weighted by molar-refractivity contribution is 5.81. The van der Waals surface area contributed by atoms with Gasteiger partial charge in [-0.1, -0.05) is 12.1 Å². The van der Waals surface area contributed by atoms with Crippen molar-refractivity contribution in [3.05, 3.63) is 30.1 Å². The van der Waals surface area contributed by atoms with E-state index in [1.807, 2.05) is 6.92 Å². The molecule has 0 aromatic heterocycles. The van der Waals surface area contributed by atoms with Gasteiger partial charge < -0.3 is 15.4 Å². The van der Waals surface area contributed by atoms with Gasteiger partial charge in [0, 0.05) is 6.04 Å². The summed E-state index contributed by atoms with van der Waals surface area (Å²) < 4.78 is 18.9. The zero-order valence-corrected chi connectivity index (χ0v) is 10.6. The molecule has 0 fully saturated rings. The second-order valence-electron chi connectivity index (χ2n) is 4.47. The number of ether oxygens (including phenoxy) is 1. The maximum absolute atomic E-state index is 13.4. The minimum Gasteiger partial charge on any atom is -0.486 e. The lowest BCUT2D eigenvalue weighted by molar-refractivity contribution is 0.214. The van der Waals surface area contributed by atoms with E-state index in [0.29, 0.717) is 12.6 Å². The van der Waals surface area contributed by atoms with Gasteiger partial charge in [-0.3, -0.25) is 4.99 Å². The Balaban J connectivity index is 1.79. The van der Waals surface area contributed by atoms with Crippen LogP contribution < -0.4 is 15.4 Å².